The van der Waals surface area contributed by atoms with E-state index >= 15 is 0 Å². The summed E-state index contributed by atoms with van der Waals surface area (Å²) in [7, 11) is 3.14. The molecule has 0 rings (SSSR count). The third kappa shape index (κ3) is 6.39. The zero-order valence-corrected chi connectivity index (χ0v) is 12.9. The molecule has 19 heavy (non-hydrogen) atoms. The maximum Gasteiger partial charge on any atom is 0.277 e. The summed E-state index contributed by atoms with van der Waals surface area (Å²) >= 11 is 0. The van der Waals surface area contributed by atoms with Crippen LogP contribution in [0.25, 0.3) is 0 Å². The molecule has 0 radical (unpaired) electrons. The third-order valence-corrected chi connectivity index (χ3v) is 2.84. The van der Waals surface area contributed by atoms with Gasteiger partial charge in [-0.2, -0.15) is 0 Å². The Bertz CT molecular complexity index is 346. The number of likely N-dealkylation sites (N-methyl/N-ethyl adjacent to an activating group) is 1. The molecule has 0 saturated carbocycles. The van der Waals surface area contributed by atoms with Crippen LogP contribution in [-0.2, 0) is 9.63 Å². The van der Waals surface area contributed by atoms with Crippen LogP contribution in [0, 0.1) is 0 Å². The Morgan fingerprint density at radius 2 is 1.74 bits per heavy atom. The van der Waals surface area contributed by atoms with Crippen molar-refractivity contribution in [3.63, 3.8) is 0 Å². The average molecular weight is 265 g/mol. The fourth-order valence-corrected chi connectivity index (χ4v) is 1.85. The summed E-state index contributed by atoms with van der Waals surface area (Å²) < 4.78 is 0. The number of allylic oxidation sites excluding steroid dienone is 4. The lowest BCUT2D eigenvalue weighted by molar-refractivity contribution is -0.163. The average Bonchev–Trinajstić information content (AvgIpc) is 2.42. The van der Waals surface area contributed by atoms with Gasteiger partial charge >= 0.3 is 0 Å². The second-order valence-corrected chi connectivity index (χ2v) is 4.39. The molecule has 0 N–H and O–H groups in total. The normalized spacial score (nSPS) is 11.2. The standard InChI is InChI=1S/C16H27NO2/c1-6-9-10-13-15(16(18)17(4)19-5)14(11-7-2)12-8-3/h6,9-10,13H,7-8,11-12H2,1-5H3/b9-6-,13-10-. The first-order chi connectivity index (χ1) is 9.12. The summed E-state index contributed by atoms with van der Waals surface area (Å²) in [5.74, 6) is -0.0832. The number of amides is 1. The molecule has 0 spiro atoms. The quantitative estimate of drug-likeness (QED) is 0.376. The van der Waals surface area contributed by atoms with E-state index in [1.807, 2.05) is 31.2 Å². The molecule has 0 fully saturated rings. The van der Waals surface area contributed by atoms with Crippen LogP contribution >= 0.6 is 0 Å². The zero-order valence-electron chi connectivity index (χ0n) is 12.9. The molecule has 0 saturated heterocycles. The lowest BCUT2D eigenvalue weighted by Gasteiger charge is -2.17. The van der Waals surface area contributed by atoms with Gasteiger partial charge in [0.2, 0.25) is 0 Å². The van der Waals surface area contributed by atoms with Crippen LogP contribution in [0.3, 0.4) is 0 Å². The highest BCUT2D eigenvalue weighted by molar-refractivity contribution is 5.96. The van der Waals surface area contributed by atoms with Crippen LogP contribution in [0.2, 0.25) is 0 Å². The molecule has 0 bridgehead atoms. The van der Waals surface area contributed by atoms with Gasteiger partial charge in [-0.15, -0.1) is 0 Å². The smallest absolute Gasteiger partial charge is 0.274 e. The van der Waals surface area contributed by atoms with Crippen molar-refractivity contribution in [1.29, 1.82) is 0 Å². The highest BCUT2D eigenvalue weighted by atomic mass is 16.7. The van der Waals surface area contributed by atoms with Gasteiger partial charge in [0.25, 0.3) is 5.91 Å². The minimum absolute atomic E-state index is 0.0832. The Kier molecular flexibility index (Phi) is 9.81. The summed E-state index contributed by atoms with van der Waals surface area (Å²) in [6, 6.07) is 0. The topological polar surface area (TPSA) is 29.5 Å². The Hall–Kier alpha value is -1.35. The molecule has 1 amide bonds. The van der Waals surface area contributed by atoms with Gasteiger partial charge in [-0.25, -0.2) is 5.06 Å². The Labute approximate surface area is 117 Å². The van der Waals surface area contributed by atoms with Gasteiger partial charge in [0.15, 0.2) is 0 Å². The molecule has 0 heterocycles. The Morgan fingerprint density at radius 1 is 1.16 bits per heavy atom. The van der Waals surface area contributed by atoms with E-state index in [1.165, 1.54) is 17.7 Å². The molecular formula is C16H27NO2. The fourth-order valence-electron chi connectivity index (χ4n) is 1.85. The molecule has 3 heteroatoms. The van der Waals surface area contributed by atoms with Crippen molar-refractivity contribution in [2.75, 3.05) is 14.2 Å². The van der Waals surface area contributed by atoms with E-state index in [0.29, 0.717) is 0 Å². The van der Waals surface area contributed by atoms with Crippen molar-refractivity contribution in [2.45, 2.75) is 46.5 Å². The highest BCUT2D eigenvalue weighted by Gasteiger charge is 2.16. The Balaban J connectivity index is 5.42. The first kappa shape index (κ1) is 17.6. The number of rotatable bonds is 8. The van der Waals surface area contributed by atoms with Crippen LogP contribution in [0.1, 0.15) is 46.5 Å². The van der Waals surface area contributed by atoms with Gasteiger partial charge in [-0.1, -0.05) is 50.5 Å². The van der Waals surface area contributed by atoms with E-state index in [9.17, 15) is 4.79 Å². The summed E-state index contributed by atoms with van der Waals surface area (Å²) in [6.45, 7) is 6.22. The predicted octanol–water partition coefficient (Wildman–Crippen LogP) is 4.04. The minimum Gasteiger partial charge on any atom is -0.274 e. The lowest BCUT2D eigenvalue weighted by atomic mass is 9.98. The molecule has 0 atom stereocenters. The molecular weight excluding hydrogens is 238 g/mol. The third-order valence-electron chi connectivity index (χ3n) is 2.84. The van der Waals surface area contributed by atoms with Crippen molar-refractivity contribution < 1.29 is 9.63 Å². The van der Waals surface area contributed by atoms with E-state index in [-0.39, 0.29) is 5.91 Å². The van der Waals surface area contributed by atoms with Crippen LogP contribution < -0.4 is 0 Å². The van der Waals surface area contributed by atoms with Crippen molar-refractivity contribution in [3.8, 4) is 0 Å². The lowest BCUT2D eigenvalue weighted by Crippen LogP contribution is -2.27. The first-order valence-corrected chi connectivity index (χ1v) is 6.95. The summed E-state index contributed by atoms with van der Waals surface area (Å²) in [4.78, 5) is 17.3. The SMILES string of the molecule is C/C=C\C=C/C(C(=O)N(C)OC)=C(CCC)CCC. The van der Waals surface area contributed by atoms with Crippen LogP contribution in [0.4, 0.5) is 0 Å². The molecule has 0 unspecified atom stereocenters. The second-order valence-electron chi connectivity index (χ2n) is 4.39. The number of hydrogen-bond donors (Lipinski definition) is 0. The van der Waals surface area contributed by atoms with Crippen molar-refractivity contribution in [2.24, 2.45) is 0 Å². The summed E-state index contributed by atoms with van der Waals surface area (Å²) in [6.07, 6.45) is 11.6. The van der Waals surface area contributed by atoms with Gasteiger partial charge in [0, 0.05) is 12.6 Å². The van der Waals surface area contributed by atoms with E-state index in [0.717, 1.165) is 31.3 Å². The van der Waals surface area contributed by atoms with Crippen LogP contribution in [0.15, 0.2) is 35.5 Å². The van der Waals surface area contributed by atoms with Crippen LogP contribution in [0.5, 0.6) is 0 Å². The van der Waals surface area contributed by atoms with E-state index < -0.39 is 0 Å². The van der Waals surface area contributed by atoms with Gasteiger partial charge in [-0.05, 0) is 25.8 Å². The maximum atomic E-state index is 12.3. The number of nitrogens with zero attached hydrogens (tertiary/aromatic N) is 1. The molecule has 0 aromatic rings. The molecule has 0 aliphatic carbocycles. The first-order valence-electron chi connectivity index (χ1n) is 6.95. The number of carbonyl (C=O) groups excluding carboxylic acids is 1. The number of hydrogen-bond acceptors (Lipinski definition) is 2. The van der Waals surface area contributed by atoms with Crippen LogP contribution in [-0.4, -0.2) is 25.1 Å². The van der Waals surface area contributed by atoms with Gasteiger partial charge in [-0.3, -0.25) is 9.63 Å². The molecule has 3 nitrogen and oxygen atoms in total. The molecule has 0 aliphatic rings. The number of carbonyl (C=O) groups is 1. The molecule has 108 valence electrons. The fraction of sp³-hybridized carbons (Fsp3) is 0.562. The van der Waals surface area contributed by atoms with Gasteiger partial charge < -0.3 is 0 Å². The van der Waals surface area contributed by atoms with E-state index in [4.69, 9.17) is 4.84 Å². The molecule has 0 aromatic heterocycles. The number of hydroxylamine groups is 2. The van der Waals surface area contributed by atoms with Gasteiger partial charge in [0.05, 0.1) is 7.11 Å². The predicted molar refractivity (Wildman–Crippen MR) is 80.6 cm³/mol. The monoisotopic (exact) mass is 265 g/mol. The van der Waals surface area contributed by atoms with Crippen molar-refractivity contribution in [3.05, 3.63) is 35.5 Å². The summed E-state index contributed by atoms with van der Waals surface area (Å²) in [5, 5.41) is 1.28. The van der Waals surface area contributed by atoms with E-state index in [2.05, 4.69) is 13.8 Å². The second kappa shape index (κ2) is 10.6. The van der Waals surface area contributed by atoms with Gasteiger partial charge in [0.1, 0.15) is 0 Å². The minimum atomic E-state index is -0.0832. The zero-order chi connectivity index (χ0) is 14.7. The van der Waals surface area contributed by atoms with E-state index in [1.54, 1.807) is 7.05 Å². The summed E-state index contributed by atoms with van der Waals surface area (Å²) in [5.41, 5.74) is 1.96. The molecule has 0 aliphatic heterocycles. The van der Waals surface area contributed by atoms with Crippen molar-refractivity contribution >= 4 is 5.91 Å². The Morgan fingerprint density at radius 3 is 2.16 bits per heavy atom. The van der Waals surface area contributed by atoms with Crippen molar-refractivity contribution in [1.82, 2.24) is 5.06 Å². The largest absolute Gasteiger partial charge is 0.277 e. The molecule has 0 aromatic carbocycles. The highest BCUT2D eigenvalue weighted by Crippen LogP contribution is 2.20. The maximum absolute atomic E-state index is 12.3.